The van der Waals surface area contributed by atoms with E-state index in [1.165, 1.54) is 103 Å². The maximum absolute atomic E-state index is 2.48. The Morgan fingerprint density at radius 2 is 0.756 bits per heavy atom. The summed E-state index contributed by atoms with van der Waals surface area (Å²) in [4.78, 5) is 0. The van der Waals surface area contributed by atoms with Crippen molar-refractivity contribution in [2.75, 3.05) is 0 Å². The van der Waals surface area contributed by atoms with E-state index in [2.05, 4.69) is 134 Å². The lowest BCUT2D eigenvalue weighted by atomic mass is 9.89. The maximum atomic E-state index is 2.48. The molecule has 41 heavy (non-hydrogen) atoms. The highest BCUT2D eigenvalue weighted by molar-refractivity contribution is 6.41. The molecule has 0 atom stereocenters. The van der Waals surface area contributed by atoms with E-state index in [0.29, 0.717) is 0 Å². The van der Waals surface area contributed by atoms with Crippen molar-refractivity contribution in [3.8, 4) is 11.1 Å². The molecule has 10 rings (SSSR count). The zero-order chi connectivity index (χ0) is 26.8. The molecule has 10 aromatic carbocycles. The van der Waals surface area contributed by atoms with Gasteiger partial charge in [0.2, 0.25) is 0 Å². The third kappa shape index (κ3) is 2.65. The molecule has 0 aromatic heterocycles. The molecule has 0 saturated carbocycles. The zero-order valence-corrected chi connectivity index (χ0v) is 22.6. The van der Waals surface area contributed by atoms with Crippen LogP contribution in [-0.2, 0) is 0 Å². The average Bonchev–Trinajstić information content (AvgIpc) is 3.52. The van der Waals surface area contributed by atoms with Gasteiger partial charge >= 0.3 is 0 Å². The molecule has 0 heteroatoms. The van der Waals surface area contributed by atoms with Crippen LogP contribution in [-0.4, -0.2) is 0 Å². The van der Waals surface area contributed by atoms with Crippen LogP contribution in [0.1, 0.15) is 5.56 Å². The molecule has 0 heterocycles. The molecule has 188 valence electrons. The van der Waals surface area contributed by atoms with Crippen LogP contribution < -0.4 is 0 Å². The van der Waals surface area contributed by atoms with Crippen LogP contribution in [0.15, 0.2) is 127 Å². The molecule has 0 unspecified atom stereocenters. The van der Waals surface area contributed by atoms with E-state index in [0.717, 1.165) is 0 Å². The molecule has 0 spiro atoms. The minimum atomic E-state index is 1.28. The van der Waals surface area contributed by atoms with E-state index in [-0.39, 0.29) is 0 Å². The lowest BCUT2D eigenvalue weighted by molar-refractivity contribution is 1.50. The first-order valence-corrected chi connectivity index (χ1v) is 14.4. The minimum Gasteiger partial charge on any atom is -0.0616 e. The largest absolute Gasteiger partial charge is 0.0616 e. The average molecular weight is 517 g/mol. The zero-order valence-electron chi connectivity index (χ0n) is 22.6. The molecule has 0 radical (unpaired) electrons. The minimum absolute atomic E-state index is 1.28. The molecule has 0 aliphatic carbocycles. The fourth-order valence-corrected chi connectivity index (χ4v) is 7.92. The summed E-state index contributed by atoms with van der Waals surface area (Å²) < 4.78 is 0. The van der Waals surface area contributed by atoms with Crippen LogP contribution in [0.2, 0.25) is 0 Å². The van der Waals surface area contributed by atoms with Gasteiger partial charge in [-0.15, -0.1) is 0 Å². The Bertz CT molecular complexity index is 2690. The summed E-state index contributed by atoms with van der Waals surface area (Å²) in [5.74, 6) is 0. The van der Waals surface area contributed by atoms with Crippen LogP contribution in [0.4, 0.5) is 0 Å². The Morgan fingerprint density at radius 1 is 0.317 bits per heavy atom. The Kier molecular flexibility index (Phi) is 3.95. The van der Waals surface area contributed by atoms with Gasteiger partial charge in [0.25, 0.3) is 0 Å². The Labute approximate surface area is 236 Å². The topological polar surface area (TPSA) is 0 Å². The highest BCUT2D eigenvalue weighted by Crippen LogP contribution is 2.49. The summed E-state index contributed by atoms with van der Waals surface area (Å²) in [6.45, 7) is 2.25. The van der Waals surface area contributed by atoms with Crippen molar-refractivity contribution in [1.29, 1.82) is 0 Å². The van der Waals surface area contributed by atoms with Gasteiger partial charge in [0.15, 0.2) is 0 Å². The first-order valence-electron chi connectivity index (χ1n) is 14.4. The van der Waals surface area contributed by atoms with Crippen molar-refractivity contribution < 1.29 is 0 Å². The van der Waals surface area contributed by atoms with Gasteiger partial charge in [-0.2, -0.15) is 0 Å². The van der Waals surface area contributed by atoms with Gasteiger partial charge in [0, 0.05) is 0 Å². The third-order valence-electron chi connectivity index (χ3n) is 9.63. The van der Waals surface area contributed by atoms with Crippen LogP contribution in [0, 0.1) is 6.92 Å². The summed E-state index contributed by atoms with van der Waals surface area (Å²) >= 11 is 0. The SMILES string of the molecule is Cc1ccc2ccccc2c1-c1cc2c3ccccc3c3cc4c(cc5c6ccccc6c6cccc4c65)c(c1)c23. The van der Waals surface area contributed by atoms with Crippen molar-refractivity contribution in [2.45, 2.75) is 6.92 Å². The van der Waals surface area contributed by atoms with Crippen LogP contribution >= 0.6 is 0 Å². The van der Waals surface area contributed by atoms with E-state index < -0.39 is 0 Å². The van der Waals surface area contributed by atoms with Crippen LogP contribution in [0.5, 0.6) is 0 Å². The van der Waals surface area contributed by atoms with Crippen LogP contribution in [0.25, 0.3) is 97.3 Å². The molecule has 0 bridgehead atoms. The van der Waals surface area contributed by atoms with Crippen molar-refractivity contribution in [2.24, 2.45) is 0 Å². The van der Waals surface area contributed by atoms with Gasteiger partial charge in [0.05, 0.1) is 0 Å². The normalized spacial score (nSPS) is 12.5. The second-order valence-electron chi connectivity index (χ2n) is 11.7. The van der Waals surface area contributed by atoms with E-state index in [1.54, 1.807) is 0 Å². The van der Waals surface area contributed by atoms with Gasteiger partial charge in [-0.25, -0.2) is 0 Å². The smallest absolute Gasteiger partial charge is 0.00195 e. The van der Waals surface area contributed by atoms with E-state index in [9.17, 15) is 0 Å². The van der Waals surface area contributed by atoms with Gasteiger partial charge in [-0.3, -0.25) is 0 Å². The predicted octanol–water partition coefficient (Wildman–Crippen LogP) is 11.8. The first-order chi connectivity index (χ1) is 20.3. The Morgan fingerprint density at radius 3 is 1.41 bits per heavy atom. The fourth-order valence-electron chi connectivity index (χ4n) is 7.92. The van der Waals surface area contributed by atoms with Crippen molar-refractivity contribution in [3.63, 3.8) is 0 Å². The Balaban J connectivity index is 1.49. The van der Waals surface area contributed by atoms with Crippen molar-refractivity contribution in [1.82, 2.24) is 0 Å². The number of benzene rings is 8. The molecular formula is C41H24. The molecule has 0 saturated heterocycles. The summed E-state index contributed by atoms with van der Waals surface area (Å²) in [5.41, 5.74) is 3.94. The van der Waals surface area contributed by atoms with Crippen molar-refractivity contribution in [3.05, 3.63) is 133 Å². The molecule has 0 amide bonds. The molecule has 0 nitrogen and oxygen atoms in total. The first kappa shape index (κ1) is 21.6. The monoisotopic (exact) mass is 516 g/mol. The molecule has 10 aromatic rings. The fraction of sp³-hybridized carbons (Fsp3) is 0.0244. The Hall–Kier alpha value is -5.20. The van der Waals surface area contributed by atoms with E-state index in [1.807, 2.05) is 0 Å². The number of hydrogen-bond acceptors (Lipinski definition) is 0. The highest BCUT2D eigenvalue weighted by atomic mass is 14.2. The second-order valence-corrected chi connectivity index (χ2v) is 11.7. The summed E-state index contributed by atoms with van der Waals surface area (Å²) in [5, 5.41) is 21.5. The second kappa shape index (κ2) is 7.50. The summed E-state index contributed by atoms with van der Waals surface area (Å²) in [6.07, 6.45) is 0. The molecule has 0 N–H and O–H groups in total. The highest BCUT2D eigenvalue weighted by Gasteiger charge is 2.20. The van der Waals surface area contributed by atoms with Gasteiger partial charge in [0.1, 0.15) is 0 Å². The van der Waals surface area contributed by atoms with Crippen LogP contribution in [0.3, 0.4) is 0 Å². The van der Waals surface area contributed by atoms with E-state index in [4.69, 9.17) is 0 Å². The van der Waals surface area contributed by atoms with Gasteiger partial charge < -0.3 is 0 Å². The predicted molar refractivity (Wildman–Crippen MR) is 179 cm³/mol. The summed E-state index contributed by atoms with van der Waals surface area (Å²) in [7, 11) is 0. The lowest BCUT2D eigenvalue weighted by Crippen LogP contribution is -1.88. The van der Waals surface area contributed by atoms with Gasteiger partial charge in [-0.05, 0) is 134 Å². The molecule has 0 aliphatic heterocycles. The van der Waals surface area contributed by atoms with E-state index >= 15 is 0 Å². The number of rotatable bonds is 1. The molecular weight excluding hydrogens is 492 g/mol. The maximum Gasteiger partial charge on any atom is -0.00195 e. The third-order valence-corrected chi connectivity index (χ3v) is 9.63. The van der Waals surface area contributed by atoms with Crippen molar-refractivity contribution >= 4 is 86.2 Å². The number of aryl methyl sites for hydroxylation is 1. The summed E-state index contributed by atoms with van der Waals surface area (Å²) in [6, 6.07) is 47.9. The number of hydrogen-bond donors (Lipinski definition) is 0. The lowest BCUT2D eigenvalue weighted by Gasteiger charge is -2.15. The van der Waals surface area contributed by atoms with Gasteiger partial charge in [-0.1, -0.05) is 103 Å². The molecule has 0 aliphatic rings. The molecule has 0 fully saturated rings. The standard InChI is InChI=1S/C41H24/c1-23-17-18-24-9-2-3-10-26(24)39(23)25-19-35-29-13-6-7-14-30(29)38-21-33-32-16-8-15-31-27-11-4-5-12-28(27)37(40(31)32)22-34(33)36(20-25)41(35)38/h2-22H,1H3. The number of fused-ring (bicyclic) bond motifs is 10. The quantitative estimate of drug-likeness (QED) is 0.190.